The minimum atomic E-state index is -0.626. The van der Waals surface area contributed by atoms with Gasteiger partial charge < -0.3 is 9.84 Å². The number of aliphatic carboxylic acids is 1. The van der Waals surface area contributed by atoms with Gasteiger partial charge in [-0.1, -0.05) is 57.5 Å². The Bertz CT molecular complexity index is 1040. The molecule has 0 spiro atoms. The van der Waals surface area contributed by atoms with Crippen molar-refractivity contribution in [1.82, 2.24) is 0 Å². The van der Waals surface area contributed by atoms with Crippen molar-refractivity contribution >= 4 is 5.97 Å². The van der Waals surface area contributed by atoms with Gasteiger partial charge in [0.15, 0.2) is 0 Å². The Hall–Kier alpha value is -2.29. The number of carboxylic acids is 1. The van der Waals surface area contributed by atoms with Crippen LogP contribution in [0.2, 0.25) is 0 Å². The second kappa shape index (κ2) is 7.89. The first-order valence-corrected chi connectivity index (χ1v) is 12.4. The third-order valence-electron chi connectivity index (χ3n) is 8.56. The molecule has 2 aromatic carbocycles. The van der Waals surface area contributed by atoms with E-state index in [1.807, 2.05) is 6.92 Å². The maximum Gasteiger partial charge on any atom is 0.309 e. The van der Waals surface area contributed by atoms with E-state index in [-0.39, 0.29) is 22.3 Å². The molecule has 0 aliphatic heterocycles. The lowest BCUT2D eigenvalue weighted by atomic mass is 9.49. The highest BCUT2D eigenvalue weighted by atomic mass is 16.5. The van der Waals surface area contributed by atoms with E-state index in [9.17, 15) is 9.90 Å². The van der Waals surface area contributed by atoms with Crippen LogP contribution in [0.25, 0.3) is 0 Å². The van der Waals surface area contributed by atoms with Crippen molar-refractivity contribution in [2.45, 2.75) is 97.0 Å². The fourth-order valence-corrected chi connectivity index (χ4v) is 6.60. The maximum absolute atomic E-state index is 12.2. The van der Waals surface area contributed by atoms with E-state index in [4.69, 9.17) is 4.74 Å². The lowest BCUT2D eigenvalue weighted by molar-refractivity contribution is -0.157. The van der Waals surface area contributed by atoms with Crippen LogP contribution in [-0.4, -0.2) is 16.7 Å². The van der Waals surface area contributed by atoms with Gasteiger partial charge in [-0.2, -0.15) is 0 Å². The Morgan fingerprint density at radius 1 is 0.970 bits per heavy atom. The molecule has 0 aromatic heterocycles. The van der Waals surface area contributed by atoms with Gasteiger partial charge in [-0.3, -0.25) is 4.79 Å². The molecule has 4 rings (SSSR count). The zero-order valence-electron chi connectivity index (χ0n) is 21.4. The number of ether oxygens (including phenoxy) is 1. The molecule has 3 heteroatoms. The third-order valence-corrected chi connectivity index (χ3v) is 8.56. The maximum atomic E-state index is 12.2. The van der Waals surface area contributed by atoms with Crippen LogP contribution in [-0.2, 0) is 22.0 Å². The first kappa shape index (κ1) is 23.9. The molecule has 3 unspecified atom stereocenters. The van der Waals surface area contributed by atoms with Crippen molar-refractivity contribution in [3.8, 4) is 5.75 Å². The average Bonchev–Trinajstić information content (AvgIpc) is 2.72. The van der Waals surface area contributed by atoms with Gasteiger partial charge in [0.25, 0.3) is 0 Å². The summed E-state index contributed by atoms with van der Waals surface area (Å²) in [5.74, 6) is 0.460. The molecule has 0 bridgehead atoms. The highest BCUT2D eigenvalue weighted by molar-refractivity contribution is 5.75. The Morgan fingerprint density at radius 3 is 2.21 bits per heavy atom. The third kappa shape index (κ3) is 4.09. The quantitative estimate of drug-likeness (QED) is 0.534. The summed E-state index contributed by atoms with van der Waals surface area (Å²) in [5, 5.41) is 10.0. The van der Waals surface area contributed by atoms with Gasteiger partial charge >= 0.3 is 5.97 Å². The number of hydrogen-bond donors (Lipinski definition) is 1. The van der Waals surface area contributed by atoms with Gasteiger partial charge in [-0.15, -0.1) is 0 Å². The summed E-state index contributed by atoms with van der Waals surface area (Å²) >= 11 is 0. The summed E-state index contributed by atoms with van der Waals surface area (Å²) in [5.41, 5.74) is 4.33. The zero-order chi connectivity index (χ0) is 24.2. The molecular formula is C30H40O3. The van der Waals surface area contributed by atoms with E-state index >= 15 is 0 Å². The first-order valence-electron chi connectivity index (χ1n) is 12.4. The largest absolute Gasteiger partial charge is 0.488 e. The van der Waals surface area contributed by atoms with Gasteiger partial charge in [0, 0.05) is 5.41 Å². The second-order valence-corrected chi connectivity index (χ2v) is 12.3. The topological polar surface area (TPSA) is 46.5 Å². The van der Waals surface area contributed by atoms with Gasteiger partial charge in [0.1, 0.15) is 11.4 Å². The minimum absolute atomic E-state index is 0.0619. The number of carbonyl (C=O) groups is 1. The van der Waals surface area contributed by atoms with Gasteiger partial charge in [-0.25, -0.2) is 0 Å². The van der Waals surface area contributed by atoms with Crippen molar-refractivity contribution in [3.05, 3.63) is 64.7 Å². The molecule has 178 valence electrons. The summed E-state index contributed by atoms with van der Waals surface area (Å²) in [6.45, 7) is 15.0. The van der Waals surface area contributed by atoms with Crippen LogP contribution in [0.5, 0.6) is 5.75 Å². The van der Waals surface area contributed by atoms with Gasteiger partial charge in [0.2, 0.25) is 0 Å². The Labute approximate surface area is 199 Å². The van der Waals surface area contributed by atoms with Gasteiger partial charge in [0.05, 0.1) is 5.41 Å². The van der Waals surface area contributed by atoms with E-state index in [0.29, 0.717) is 0 Å². The molecule has 0 radical (unpaired) electrons. The molecule has 3 nitrogen and oxygen atoms in total. The Kier molecular flexibility index (Phi) is 5.70. The molecular weight excluding hydrogens is 408 g/mol. The molecule has 3 atom stereocenters. The molecule has 0 saturated heterocycles. The first-order chi connectivity index (χ1) is 15.3. The summed E-state index contributed by atoms with van der Waals surface area (Å²) in [6.07, 6.45) is 4.75. The Balaban J connectivity index is 1.66. The molecule has 1 N–H and O–H groups in total. The molecule has 0 heterocycles. The monoisotopic (exact) mass is 448 g/mol. The van der Waals surface area contributed by atoms with Crippen molar-refractivity contribution in [3.63, 3.8) is 0 Å². The predicted molar refractivity (Wildman–Crippen MR) is 134 cm³/mol. The van der Waals surface area contributed by atoms with E-state index < -0.39 is 11.4 Å². The van der Waals surface area contributed by atoms with Crippen LogP contribution in [0.1, 0.15) is 96.4 Å². The van der Waals surface area contributed by atoms with E-state index in [0.717, 1.165) is 37.9 Å². The SMILES string of the molecule is CC(C)(C)Oc1ccc(C(C)(C)c2ccc3c(c2)CCC2C(C)(C(=O)O)CCCC32C)cc1. The number of rotatable bonds is 4. The lowest BCUT2D eigenvalue weighted by Gasteiger charge is -2.53. The minimum Gasteiger partial charge on any atom is -0.488 e. The van der Waals surface area contributed by atoms with Gasteiger partial charge in [-0.05, 0) is 99.1 Å². The fraction of sp³-hybridized carbons (Fsp3) is 0.567. The molecule has 0 amide bonds. The average molecular weight is 449 g/mol. The number of fused-ring (bicyclic) bond motifs is 3. The number of hydrogen-bond acceptors (Lipinski definition) is 2. The zero-order valence-corrected chi connectivity index (χ0v) is 21.4. The summed E-state index contributed by atoms with van der Waals surface area (Å²) < 4.78 is 6.00. The van der Waals surface area contributed by atoms with Crippen LogP contribution in [0, 0.1) is 11.3 Å². The van der Waals surface area contributed by atoms with Crippen molar-refractivity contribution < 1.29 is 14.6 Å². The summed E-state index contributed by atoms with van der Waals surface area (Å²) in [6, 6.07) is 15.5. The van der Waals surface area contributed by atoms with Crippen molar-refractivity contribution in [2.75, 3.05) is 0 Å². The number of aryl methyl sites for hydroxylation is 1. The molecule has 2 aliphatic carbocycles. The Morgan fingerprint density at radius 2 is 1.61 bits per heavy atom. The molecule has 2 aliphatic rings. The van der Waals surface area contributed by atoms with Crippen molar-refractivity contribution in [2.24, 2.45) is 11.3 Å². The van der Waals surface area contributed by atoms with Crippen LogP contribution >= 0.6 is 0 Å². The lowest BCUT2D eigenvalue weighted by Crippen LogP contribution is -2.52. The van der Waals surface area contributed by atoms with Crippen LogP contribution in [0.3, 0.4) is 0 Å². The predicted octanol–water partition coefficient (Wildman–Crippen LogP) is 7.28. The molecule has 33 heavy (non-hydrogen) atoms. The second-order valence-electron chi connectivity index (χ2n) is 12.3. The summed E-state index contributed by atoms with van der Waals surface area (Å²) in [4.78, 5) is 12.2. The van der Waals surface area contributed by atoms with Crippen molar-refractivity contribution in [1.29, 1.82) is 0 Å². The fourth-order valence-electron chi connectivity index (χ4n) is 6.60. The standard InChI is InChI=1S/C30H40O3/c1-27(2,3)33-23-13-10-21(11-14-23)28(4,5)22-12-15-24-20(19-22)9-16-25-29(24,6)17-8-18-30(25,7)26(31)32/h10-15,19,25H,8-9,16-18H2,1-7H3,(H,31,32). The highest BCUT2D eigenvalue weighted by Crippen LogP contribution is 2.57. The molecule has 1 fully saturated rings. The molecule has 2 aromatic rings. The van der Waals surface area contributed by atoms with E-state index in [2.05, 4.69) is 84.0 Å². The van der Waals surface area contributed by atoms with E-state index in [1.54, 1.807) is 0 Å². The normalized spacial score (nSPS) is 27.4. The smallest absolute Gasteiger partial charge is 0.309 e. The van der Waals surface area contributed by atoms with Crippen LogP contribution in [0.4, 0.5) is 0 Å². The highest BCUT2D eigenvalue weighted by Gasteiger charge is 2.55. The number of carboxylic acid groups (broad SMARTS) is 1. The summed E-state index contributed by atoms with van der Waals surface area (Å²) in [7, 11) is 0. The molecule has 1 saturated carbocycles. The number of benzene rings is 2. The van der Waals surface area contributed by atoms with E-state index in [1.165, 1.54) is 22.3 Å². The van der Waals surface area contributed by atoms with Crippen LogP contribution < -0.4 is 4.74 Å². The van der Waals surface area contributed by atoms with Crippen LogP contribution in [0.15, 0.2) is 42.5 Å².